The molecular weight excluding hydrogens is 639 g/mol. The van der Waals surface area contributed by atoms with Gasteiger partial charge in [0.1, 0.15) is 5.76 Å². The van der Waals surface area contributed by atoms with E-state index in [-0.39, 0.29) is 6.04 Å². The number of nitrogens with zero attached hydrogens (tertiary/aromatic N) is 4. The van der Waals surface area contributed by atoms with E-state index in [1.54, 1.807) is 0 Å². The fourth-order valence-electron chi connectivity index (χ4n) is 7.42. The molecule has 52 heavy (non-hydrogen) atoms. The van der Waals surface area contributed by atoms with E-state index in [1.807, 2.05) is 0 Å². The monoisotopic (exact) mass is 671 g/mol. The second kappa shape index (κ2) is 11.9. The van der Waals surface area contributed by atoms with Crippen molar-refractivity contribution in [3.63, 3.8) is 0 Å². The molecule has 0 amide bonds. The van der Waals surface area contributed by atoms with Gasteiger partial charge in [0, 0.05) is 39.0 Å². The van der Waals surface area contributed by atoms with Crippen LogP contribution in [0.2, 0.25) is 0 Å². The minimum atomic E-state index is -0.0969. The Hall–Kier alpha value is -6.79. The van der Waals surface area contributed by atoms with Gasteiger partial charge in [0.05, 0.1) is 22.6 Å². The first kappa shape index (κ1) is 30.1. The van der Waals surface area contributed by atoms with E-state index in [1.165, 1.54) is 16.7 Å². The van der Waals surface area contributed by atoms with Crippen molar-refractivity contribution in [3.05, 3.63) is 174 Å². The molecule has 1 aliphatic heterocycles. The van der Waals surface area contributed by atoms with Gasteiger partial charge < -0.3 is 14.3 Å². The highest BCUT2D eigenvalue weighted by Gasteiger charge is 2.34. The third kappa shape index (κ3) is 4.91. The van der Waals surface area contributed by atoms with Crippen molar-refractivity contribution in [3.8, 4) is 51.2 Å². The summed E-state index contributed by atoms with van der Waals surface area (Å²) in [5.74, 6) is 2.82. The van der Waals surface area contributed by atoms with Crippen LogP contribution in [0.3, 0.4) is 0 Å². The third-order valence-electron chi connectivity index (χ3n) is 10.1. The molecule has 0 saturated carbocycles. The van der Waals surface area contributed by atoms with Crippen molar-refractivity contribution in [1.82, 2.24) is 19.5 Å². The maximum absolute atomic E-state index is 6.91. The number of hydrogen-bond acceptors (Lipinski definition) is 5. The van der Waals surface area contributed by atoms with Crippen molar-refractivity contribution in [2.24, 2.45) is 0 Å². The molecule has 4 heterocycles. The molecule has 1 atom stereocenters. The Labute approximate surface area is 301 Å². The lowest BCUT2D eigenvalue weighted by atomic mass is 9.91. The molecule has 0 spiro atoms. The Kier molecular flexibility index (Phi) is 6.89. The number of hydrogen-bond donors (Lipinski definition) is 1. The summed E-state index contributed by atoms with van der Waals surface area (Å²) >= 11 is 0. The first-order valence-electron chi connectivity index (χ1n) is 17.6. The standard InChI is InChI=1S/C46H33N5O/c1-28-16-20-31(21-17-28)44-48-45(32-22-18-29(2)19-23-32)50-46(49-44)33-24-26-34(27-25-33)51-38-15-9-7-13-36(38)43-41(51)39-40(30-10-4-3-5-11-30)47-37-14-8-6-12-35(37)42(39)52-43/h3-27,40,47H,1-2H3. The number of benzene rings is 6. The molecule has 0 fully saturated rings. The first-order chi connectivity index (χ1) is 25.6. The van der Waals surface area contributed by atoms with Gasteiger partial charge in [-0.2, -0.15) is 0 Å². The van der Waals surface area contributed by atoms with Crippen LogP contribution in [0.1, 0.15) is 28.3 Å². The van der Waals surface area contributed by atoms with E-state index < -0.39 is 0 Å². The van der Waals surface area contributed by atoms with E-state index in [9.17, 15) is 0 Å². The van der Waals surface area contributed by atoms with Crippen molar-refractivity contribution >= 4 is 27.7 Å². The molecule has 9 aromatic rings. The molecule has 6 nitrogen and oxygen atoms in total. The van der Waals surface area contributed by atoms with E-state index in [2.05, 4.69) is 175 Å². The van der Waals surface area contributed by atoms with Gasteiger partial charge in [-0.1, -0.05) is 114 Å². The van der Waals surface area contributed by atoms with Gasteiger partial charge in [0.15, 0.2) is 23.1 Å². The summed E-state index contributed by atoms with van der Waals surface area (Å²) in [6, 6.07) is 52.6. The van der Waals surface area contributed by atoms with Gasteiger partial charge in [-0.15, -0.1) is 0 Å². The number of aryl methyl sites for hydroxylation is 2. The first-order valence-corrected chi connectivity index (χ1v) is 17.6. The average molecular weight is 672 g/mol. The number of nitrogens with one attached hydrogen (secondary N) is 1. The van der Waals surface area contributed by atoms with Gasteiger partial charge in [-0.05, 0) is 67.9 Å². The lowest BCUT2D eigenvalue weighted by molar-refractivity contribution is 0.626. The molecule has 6 aromatic carbocycles. The number of aromatic nitrogens is 4. The molecule has 1 aliphatic rings. The van der Waals surface area contributed by atoms with Crippen LogP contribution in [0.15, 0.2) is 156 Å². The third-order valence-corrected chi connectivity index (χ3v) is 10.1. The zero-order valence-corrected chi connectivity index (χ0v) is 28.7. The zero-order valence-electron chi connectivity index (χ0n) is 28.7. The fraction of sp³-hybridized carbons (Fsp3) is 0.0652. The van der Waals surface area contributed by atoms with Crippen LogP contribution in [0, 0.1) is 13.8 Å². The second-order valence-electron chi connectivity index (χ2n) is 13.5. The molecule has 6 heteroatoms. The van der Waals surface area contributed by atoms with Gasteiger partial charge in [0.2, 0.25) is 0 Å². The zero-order chi connectivity index (χ0) is 34.8. The highest BCUT2D eigenvalue weighted by atomic mass is 16.3. The van der Waals surface area contributed by atoms with Gasteiger partial charge in [-0.25, -0.2) is 15.0 Å². The summed E-state index contributed by atoms with van der Waals surface area (Å²) in [4.78, 5) is 14.9. The van der Waals surface area contributed by atoms with Crippen molar-refractivity contribution < 1.29 is 4.42 Å². The van der Waals surface area contributed by atoms with Gasteiger partial charge in [-0.3, -0.25) is 0 Å². The molecule has 3 aromatic heterocycles. The van der Waals surface area contributed by atoms with Crippen LogP contribution in [0.25, 0.3) is 73.2 Å². The van der Waals surface area contributed by atoms with Gasteiger partial charge >= 0.3 is 0 Å². The van der Waals surface area contributed by atoms with E-state index in [4.69, 9.17) is 19.4 Å². The average Bonchev–Trinajstić information content (AvgIpc) is 3.74. The summed E-state index contributed by atoms with van der Waals surface area (Å²) < 4.78 is 9.25. The van der Waals surface area contributed by atoms with Gasteiger partial charge in [0.25, 0.3) is 0 Å². The van der Waals surface area contributed by atoms with Crippen LogP contribution < -0.4 is 5.32 Å². The molecule has 1 unspecified atom stereocenters. The number of para-hydroxylation sites is 2. The van der Waals surface area contributed by atoms with Crippen LogP contribution in [0.4, 0.5) is 5.69 Å². The number of rotatable bonds is 5. The Bertz CT molecular complexity index is 2700. The molecule has 248 valence electrons. The van der Waals surface area contributed by atoms with Crippen LogP contribution in [0.5, 0.6) is 0 Å². The van der Waals surface area contributed by atoms with Crippen LogP contribution >= 0.6 is 0 Å². The lowest BCUT2D eigenvalue weighted by Crippen LogP contribution is -2.18. The summed E-state index contributed by atoms with van der Waals surface area (Å²) in [6.45, 7) is 4.17. The normalized spacial score (nSPS) is 13.5. The molecule has 1 N–H and O–H groups in total. The summed E-state index contributed by atoms with van der Waals surface area (Å²) in [5.41, 5.74) is 13.7. The number of fused-ring (bicyclic) bond motifs is 7. The Balaban J connectivity index is 1.15. The maximum Gasteiger partial charge on any atom is 0.164 e. The highest BCUT2D eigenvalue weighted by Crippen LogP contribution is 2.50. The second-order valence-corrected chi connectivity index (χ2v) is 13.5. The SMILES string of the molecule is Cc1ccc(-c2nc(-c3ccc(C)cc3)nc(-c3ccc(-n4c5ccccc5c5oc6c(c54)C(c4ccccc4)Nc4ccccc4-6)cc3)n2)cc1. The van der Waals surface area contributed by atoms with Crippen molar-refractivity contribution in [2.75, 3.05) is 5.32 Å². The quantitative estimate of drug-likeness (QED) is 0.197. The topological polar surface area (TPSA) is 68.8 Å². The fourth-order valence-corrected chi connectivity index (χ4v) is 7.42. The van der Waals surface area contributed by atoms with Crippen molar-refractivity contribution in [1.29, 1.82) is 0 Å². The predicted octanol–water partition coefficient (Wildman–Crippen LogP) is 11.4. The number of anilines is 1. The minimum absolute atomic E-state index is 0.0969. The van der Waals surface area contributed by atoms with E-state index in [0.717, 1.165) is 67.0 Å². The Morgan fingerprint density at radius 2 is 1.10 bits per heavy atom. The molecule has 0 saturated heterocycles. The van der Waals surface area contributed by atoms with E-state index in [0.29, 0.717) is 17.5 Å². The lowest BCUT2D eigenvalue weighted by Gasteiger charge is -2.27. The van der Waals surface area contributed by atoms with Crippen LogP contribution in [-0.2, 0) is 0 Å². The van der Waals surface area contributed by atoms with Crippen molar-refractivity contribution in [2.45, 2.75) is 19.9 Å². The molecule has 0 radical (unpaired) electrons. The predicted molar refractivity (Wildman–Crippen MR) is 210 cm³/mol. The summed E-state index contributed by atoms with van der Waals surface area (Å²) in [5, 5.41) is 4.92. The Morgan fingerprint density at radius 3 is 1.73 bits per heavy atom. The summed E-state index contributed by atoms with van der Waals surface area (Å²) in [7, 11) is 0. The van der Waals surface area contributed by atoms with Crippen LogP contribution in [-0.4, -0.2) is 19.5 Å². The number of furan rings is 1. The Morgan fingerprint density at radius 1 is 0.558 bits per heavy atom. The largest absolute Gasteiger partial charge is 0.453 e. The minimum Gasteiger partial charge on any atom is -0.453 e. The molecular formula is C46H33N5O. The smallest absolute Gasteiger partial charge is 0.164 e. The maximum atomic E-state index is 6.91. The molecule has 10 rings (SSSR count). The highest BCUT2D eigenvalue weighted by molar-refractivity contribution is 6.10. The summed E-state index contributed by atoms with van der Waals surface area (Å²) in [6.07, 6.45) is 0. The molecule has 0 aliphatic carbocycles. The van der Waals surface area contributed by atoms with E-state index >= 15 is 0 Å². The molecule has 0 bridgehead atoms.